The summed E-state index contributed by atoms with van der Waals surface area (Å²) < 4.78 is 16.1. The molecule has 0 atom stereocenters. The van der Waals surface area contributed by atoms with Crippen LogP contribution in [-0.2, 0) is 13.0 Å². The average Bonchev–Trinajstić information content (AvgIpc) is 3.38. The fourth-order valence-corrected chi connectivity index (χ4v) is 3.88. The van der Waals surface area contributed by atoms with Gasteiger partial charge in [-0.05, 0) is 35.9 Å². The Morgan fingerprint density at radius 2 is 1.78 bits per heavy atom. The van der Waals surface area contributed by atoms with E-state index in [2.05, 4.69) is 15.5 Å². The van der Waals surface area contributed by atoms with Crippen molar-refractivity contribution in [2.24, 2.45) is 0 Å². The molecule has 0 saturated carbocycles. The van der Waals surface area contributed by atoms with Crippen molar-refractivity contribution >= 4 is 34.9 Å². The van der Waals surface area contributed by atoms with Crippen molar-refractivity contribution < 1.29 is 18.8 Å². The maximum Gasteiger partial charge on any atom is 0.322 e. The molecule has 0 aliphatic rings. The summed E-state index contributed by atoms with van der Waals surface area (Å²) in [6.45, 7) is 0.702. The highest BCUT2D eigenvalue weighted by atomic mass is 35.5. The fraction of sp³-hybridized carbons (Fsp3) is 0.192. The highest BCUT2D eigenvalue weighted by Gasteiger charge is 2.19. The molecule has 0 unspecified atom stereocenters. The topological polar surface area (TPSA) is 89.7 Å². The quantitative estimate of drug-likeness (QED) is 0.273. The molecule has 0 aliphatic carbocycles. The van der Waals surface area contributed by atoms with E-state index in [1.807, 2.05) is 36.4 Å². The molecule has 3 aromatic carbocycles. The first-order valence-electron chi connectivity index (χ1n) is 11.1. The summed E-state index contributed by atoms with van der Waals surface area (Å²) in [4.78, 5) is 19.3. The number of benzene rings is 3. The second-order valence-corrected chi connectivity index (χ2v) is 8.56. The van der Waals surface area contributed by atoms with Gasteiger partial charge in [-0.3, -0.25) is 0 Å². The normalized spacial score (nSPS) is 10.7. The van der Waals surface area contributed by atoms with Gasteiger partial charge in [-0.1, -0.05) is 64.8 Å². The molecule has 0 saturated heterocycles. The lowest BCUT2D eigenvalue weighted by molar-refractivity contribution is 0.207. The van der Waals surface area contributed by atoms with Crippen LogP contribution in [0.4, 0.5) is 10.5 Å². The smallest absolute Gasteiger partial charge is 0.322 e. The SMILES string of the molecule is COc1ccc(-c2noc(CCN(Cc3ccccc3)C(=O)Nc3cccc(Cl)c3Cl)n2)cc1OC. The standard InChI is InChI=1S/C26H24Cl2N4O4/c1-34-21-12-11-18(15-22(21)35-2)25-30-23(36-31-25)13-14-32(16-17-7-4-3-5-8-17)26(33)29-20-10-6-9-19(27)24(20)28/h3-12,15H,13-14,16H2,1-2H3,(H,29,33). The van der Waals surface area contributed by atoms with E-state index in [1.165, 1.54) is 0 Å². The molecule has 1 aromatic heterocycles. The van der Waals surface area contributed by atoms with Gasteiger partial charge in [0.15, 0.2) is 11.5 Å². The Morgan fingerprint density at radius 1 is 1.00 bits per heavy atom. The van der Waals surface area contributed by atoms with Crippen molar-refractivity contribution in [3.63, 3.8) is 0 Å². The van der Waals surface area contributed by atoms with Gasteiger partial charge >= 0.3 is 6.03 Å². The molecule has 10 heteroatoms. The third-order valence-electron chi connectivity index (χ3n) is 5.40. The molecule has 0 radical (unpaired) electrons. The van der Waals surface area contributed by atoms with Gasteiger partial charge in [-0.25, -0.2) is 4.79 Å². The van der Waals surface area contributed by atoms with Gasteiger partial charge in [-0.2, -0.15) is 4.98 Å². The van der Waals surface area contributed by atoms with Crippen LogP contribution in [0.15, 0.2) is 71.3 Å². The first-order valence-corrected chi connectivity index (χ1v) is 11.8. The molecule has 0 spiro atoms. The second kappa shape index (κ2) is 11.8. The van der Waals surface area contributed by atoms with E-state index < -0.39 is 0 Å². The number of carbonyl (C=O) groups excluding carboxylic acids is 1. The largest absolute Gasteiger partial charge is 0.493 e. The van der Waals surface area contributed by atoms with Crippen molar-refractivity contribution in [1.82, 2.24) is 15.0 Å². The van der Waals surface area contributed by atoms with Crippen molar-refractivity contribution in [2.75, 3.05) is 26.1 Å². The molecule has 4 aromatic rings. The fourth-order valence-electron chi connectivity index (χ4n) is 3.53. The molecule has 0 fully saturated rings. The van der Waals surface area contributed by atoms with Gasteiger partial charge in [-0.15, -0.1) is 0 Å². The maximum absolute atomic E-state index is 13.2. The molecule has 2 amide bonds. The number of halogens is 2. The summed E-state index contributed by atoms with van der Waals surface area (Å²) in [7, 11) is 3.13. The predicted molar refractivity (Wildman–Crippen MR) is 139 cm³/mol. The number of nitrogens with zero attached hydrogens (tertiary/aromatic N) is 3. The van der Waals surface area contributed by atoms with Crippen molar-refractivity contribution in [1.29, 1.82) is 0 Å². The van der Waals surface area contributed by atoms with E-state index >= 15 is 0 Å². The number of hydrogen-bond donors (Lipinski definition) is 1. The van der Waals surface area contributed by atoms with Crippen LogP contribution in [0.2, 0.25) is 10.0 Å². The Bertz CT molecular complexity index is 1330. The molecule has 0 bridgehead atoms. The first-order chi connectivity index (χ1) is 17.5. The summed E-state index contributed by atoms with van der Waals surface area (Å²) in [5.41, 5.74) is 2.12. The lowest BCUT2D eigenvalue weighted by atomic mass is 10.2. The minimum atomic E-state index is -0.331. The number of aromatic nitrogens is 2. The lowest BCUT2D eigenvalue weighted by Gasteiger charge is -2.23. The van der Waals surface area contributed by atoms with Gasteiger partial charge in [0.1, 0.15) is 0 Å². The van der Waals surface area contributed by atoms with E-state index in [4.69, 9.17) is 37.2 Å². The number of ether oxygens (including phenoxy) is 2. The van der Waals surface area contributed by atoms with Crippen LogP contribution in [0.1, 0.15) is 11.5 Å². The average molecular weight is 527 g/mol. The Hall–Kier alpha value is -3.75. The first kappa shape index (κ1) is 25.3. The Balaban J connectivity index is 1.49. The van der Waals surface area contributed by atoms with Gasteiger partial charge < -0.3 is 24.2 Å². The minimum Gasteiger partial charge on any atom is -0.493 e. The van der Waals surface area contributed by atoms with E-state index in [-0.39, 0.29) is 11.1 Å². The van der Waals surface area contributed by atoms with E-state index in [1.54, 1.807) is 49.5 Å². The molecule has 8 nitrogen and oxygen atoms in total. The number of amides is 2. The number of urea groups is 1. The van der Waals surface area contributed by atoms with Crippen LogP contribution < -0.4 is 14.8 Å². The minimum absolute atomic E-state index is 0.281. The lowest BCUT2D eigenvalue weighted by Crippen LogP contribution is -2.36. The van der Waals surface area contributed by atoms with Gasteiger partial charge in [0.25, 0.3) is 0 Å². The van der Waals surface area contributed by atoms with Gasteiger partial charge in [0.05, 0.1) is 30.0 Å². The number of anilines is 1. The molecule has 1 heterocycles. The Kier molecular flexibility index (Phi) is 8.30. The predicted octanol–water partition coefficient (Wildman–Crippen LogP) is 6.34. The molecule has 186 valence electrons. The summed E-state index contributed by atoms with van der Waals surface area (Å²) in [5, 5.41) is 7.56. The monoisotopic (exact) mass is 526 g/mol. The van der Waals surface area contributed by atoms with Gasteiger partial charge in [0.2, 0.25) is 11.7 Å². The van der Waals surface area contributed by atoms with E-state index in [0.29, 0.717) is 53.4 Å². The van der Waals surface area contributed by atoms with E-state index in [9.17, 15) is 4.79 Å². The third-order valence-corrected chi connectivity index (χ3v) is 6.22. The number of rotatable bonds is 9. The van der Waals surface area contributed by atoms with Gasteiger partial charge in [0, 0.05) is 25.1 Å². The number of nitrogens with one attached hydrogen (secondary N) is 1. The number of carbonyl (C=O) groups is 1. The summed E-state index contributed by atoms with van der Waals surface area (Å²) in [5.74, 6) is 1.97. The molecule has 4 rings (SSSR count). The zero-order chi connectivity index (χ0) is 25.5. The van der Waals surface area contributed by atoms with Crippen molar-refractivity contribution in [2.45, 2.75) is 13.0 Å². The zero-order valence-electron chi connectivity index (χ0n) is 19.7. The second-order valence-electron chi connectivity index (χ2n) is 7.77. The summed E-state index contributed by atoms with van der Waals surface area (Å²) in [6.07, 6.45) is 0.351. The highest BCUT2D eigenvalue weighted by molar-refractivity contribution is 6.43. The van der Waals surface area contributed by atoms with Crippen LogP contribution in [-0.4, -0.2) is 41.8 Å². The summed E-state index contributed by atoms with van der Waals surface area (Å²) >= 11 is 12.4. The summed E-state index contributed by atoms with van der Waals surface area (Å²) in [6, 6.07) is 19.8. The zero-order valence-corrected chi connectivity index (χ0v) is 21.2. The van der Waals surface area contributed by atoms with Crippen molar-refractivity contribution in [3.8, 4) is 22.9 Å². The number of hydrogen-bond acceptors (Lipinski definition) is 6. The molecule has 0 aliphatic heterocycles. The highest BCUT2D eigenvalue weighted by Crippen LogP contribution is 2.31. The maximum atomic E-state index is 13.2. The molecular weight excluding hydrogens is 503 g/mol. The van der Waals surface area contributed by atoms with Crippen LogP contribution in [0.5, 0.6) is 11.5 Å². The van der Waals surface area contributed by atoms with Crippen LogP contribution in [0.3, 0.4) is 0 Å². The molecule has 36 heavy (non-hydrogen) atoms. The molecule has 1 N–H and O–H groups in total. The Morgan fingerprint density at radius 3 is 2.53 bits per heavy atom. The van der Waals surface area contributed by atoms with Crippen LogP contribution >= 0.6 is 23.2 Å². The van der Waals surface area contributed by atoms with Crippen molar-refractivity contribution in [3.05, 3.63) is 88.2 Å². The third kappa shape index (κ3) is 6.08. The van der Waals surface area contributed by atoms with Crippen LogP contribution in [0.25, 0.3) is 11.4 Å². The molecular formula is C26H24Cl2N4O4. The number of methoxy groups -OCH3 is 2. The van der Waals surface area contributed by atoms with E-state index in [0.717, 1.165) is 11.1 Å². The Labute approximate surface area is 218 Å². The van der Waals surface area contributed by atoms with Crippen LogP contribution in [0, 0.1) is 0 Å².